The van der Waals surface area contributed by atoms with E-state index in [9.17, 15) is 14.4 Å². The summed E-state index contributed by atoms with van der Waals surface area (Å²) in [5, 5.41) is 2.68. The number of rotatable bonds is 8. The number of carbonyl (C=O) groups excluding carboxylic acids is 3. The molecule has 0 aliphatic carbocycles. The van der Waals surface area contributed by atoms with E-state index in [0.29, 0.717) is 0 Å². The third-order valence-corrected chi connectivity index (χ3v) is 4.35. The highest BCUT2D eigenvalue weighted by atomic mass is 35.5. The molecule has 0 heterocycles. The van der Waals surface area contributed by atoms with Gasteiger partial charge in [-0.25, -0.2) is 9.59 Å². The van der Waals surface area contributed by atoms with Gasteiger partial charge in [0.15, 0.2) is 5.78 Å². The highest BCUT2D eigenvalue weighted by Crippen LogP contribution is 2.28. The van der Waals surface area contributed by atoms with Gasteiger partial charge < -0.3 is 20.5 Å². The molecule has 0 aliphatic heterocycles. The van der Waals surface area contributed by atoms with Crippen LogP contribution in [0.2, 0.25) is 10.0 Å². The van der Waals surface area contributed by atoms with Crippen molar-refractivity contribution in [2.45, 2.75) is 26.0 Å². The summed E-state index contributed by atoms with van der Waals surface area (Å²) in [7, 11) is 0. The summed E-state index contributed by atoms with van der Waals surface area (Å²) in [6.07, 6.45) is -1.28. The van der Waals surface area contributed by atoms with Gasteiger partial charge in [0.2, 0.25) is 0 Å². The molecule has 29 heavy (non-hydrogen) atoms. The number of anilines is 1. The fourth-order valence-electron chi connectivity index (χ4n) is 2.52. The largest absolute Gasteiger partial charge is 0.464 e. The molecule has 0 bridgehead atoms. The number of esters is 1. The van der Waals surface area contributed by atoms with Gasteiger partial charge in [-0.15, -0.1) is 0 Å². The van der Waals surface area contributed by atoms with Crippen LogP contribution in [0, 0.1) is 0 Å². The number of alkyl carbamates (subject to hydrolysis) is 1. The van der Waals surface area contributed by atoms with E-state index in [4.69, 9.17) is 38.4 Å². The van der Waals surface area contributed by atoms with Crippen LogP contribution >= 0.6 is 23.2 Å². The van der Waals surface area contributed by atoms with Gasteiger partial charge in [0.25, 0.3) is 0 Å². The molecule has 0 unspecified atom stereocenters. The number of hydrogen-bond donors (Lipinski definition) is 2. The van der Waals surface area contributed by atoms with Crippen LogP contribution in [-0.4, -0.2) is 30.5 Å². The van der Waals surface area contributed by atoms with Crippen LogP contribution in [0.1, 0.15) is 29.3 Å². The summed E-state index contributed by atoms with van der Waals surface area (Å²) >= 11 is 11.9. The van der Waals surface area contributed by atoms with Crippen molar-refractivity contribution < 1.29 is 23.9 Å². The van der Waals surface area contributed by atoms with E-state index in [0.717, 1.165) is 5.56 Å². The SMILES string of the molecule is CCOC(=O)[C@H](CC(=O)c1c(N)cc(Cl)cc1Cl)NC(=O)OCc1ccccc1. The molecule has 3 N–H and O–H groups in total. The molecule has 0 radical (unpaired) electrons. The maximum absolute atomic E-state index is 12.7. The van der Waals surface area contributed by atoms with Crippen LogP contribution in [0.25, 0.3) is 0 Å². The number of amides is 1. The number of nitrogens with two attached hydrogens (primary N) is 1. The van der Waals surface area contributed by atoms with Gasteiger partial charge in [0.05, 0.1) is 17.2 Å². The standard InChI is InChI=1S/C20H20Cl2N2O5/c1-2-28-19(26)16(24-20(27)29-11-12-6-4-3-5-7-12)10-17(25)18-14(22)8-13(21)9-15(18)23/h3-9,16H,2,10-11,23H2,1H3,(H,24,27)/t16-/m0/s1. The molecule has 9 heteroatoms. The molecule has 154 valence electrons. The molecule has 1 amide bonds. The van der Waals surface area contributed by atoms with E-state index in [2.05, 4.69) is 5.32 Å². The van der Waals surface area contributed by atoms with E-state index >= 15 is 0 Å². The molecule has 0 aromatic heterocycles. The highest BCUT2D eigenvalue weighted by molar-refractivity contribution is 6.37. The first-order valence-corrected chi connectivity index (χ1v) is 9.49. The summed E-state index contributed by atoms with van der Waals surface area (Å²) in [6, 6.07) is 10.5. The minimum Gasteiger partial charge on any atom is -0.464 e. The Morgan fingerprint density at radius 1 is 1.10 bits per heavy atom. The van der Waals surface area contributed by atoms with Crippen molar-refractivity contribution in [3.63, 3.8) is 0 Å². The smallest absolute Gasteiger partial charge is 0.408 e. The monoisotopic (exact) mass is 438 g/mol. The summed E-state index contributed by atoms with van der Waals surface area (Å²) < 4.78 is 10.0. The lowest BCUT2D eigenvalue weighted by Crippen LogP contribution is -2.43. The van der Waals surface area contributed by atoms with Crippen molar-refractivity contribution in [1.82, 2.24) is 5.32 Å². The van der Waals surface area contributed by atoms with E-state index in [-0.39, 0.29) is 34.5 Å². The third kappa shape index (κ3) is 6.66. The molecule has 0 saturated heterocycles. The maximum atomic E-state index is 12.7. The van der Waals surface area contributed by atoms with Crippen LogP contribution in [0.5, 0.6) is 0 Å². The van der Waals surface area contributed by atoms with Crippen molar-refractivity contribution >= 4 is 46.7 Å². The summed E-state index contributed by atoms with van der Waals surface area (Å²) in [6.45, 7) is 1.69. The second-order valence-corrected chi connectivity index (χ2v) is 6.83. The molecule has 2 aromatic carbocycles. The number of Topliss-reactive ketones (excluding diaryl/α,β-unsaturated/α-hetero) is 1. The summed E-state index contributed by atoms with van der Waals surface area (Å²) in [5.74, 6) is -1.33. The molecule has 2 aromatic rings. The Bertz CT molecular complexity index is 867. The lowest BCUT2D eigenvalue weighted by atomic mass is 10.0. The third-order valence-electron chi connectivity index (χ3n) is 3.83. The van der Waals surface area contributed by atoms with E-state index in [1.165, 1.54) is 12.1 Å². The molecule has 0 fully saturated rings. The molecule has 1 atom stereocenters. The molecular weight excluding hydrogens is 419 g/mol. The zero-order valence-corrected chi connectivity index (χ0v) is 17.1. The number of nitrogen functional groups attached to an aromatic ring is 1. The van der Waals surface area contributed by atoms with Gasteiger partial charge in [-0.3, -0.25) is 4.79 Å². The minimum atomic E-state index is -1.27. The van der Waals surface area contributed by atoms with Crippen LogP contribution in [0.4, 0.5) is 10.5 Å². The molecule has 2 rings (SSSR count). The number of ether oxygens (including phenoxy) is 2. The van der Waals surface area contributed by atoms with Crippen molar-refractivity contribution in [1.29, 1.82) is 0 Å². The average molecular weight is 439 g/mol. The molecule has 0 saturated carbocycles. The quantitative estimate of drug-likeness (QED) is 0.366. The van der Waals surface area contributed by atoms with Gasteiger partial charge >= 0.3 is 12.1 Å². The summed E-state index contributed by atoms with van der Waals surface area (Å²) in [4.78, 5) is 37.0. The van der Waals surface area contributed by atoms with Crippen molar-refractivity contribution in [2.24, 2.45) is 0 Å². The lowest BCUT2D eigenvalue weighted by molar-refractivity contribution is -0.145. The second kappa shape index (κ2) is 10.7. The number of ketones is 1. The molecule has 0 aliphatic rings. The Kier molecular flexibility index (Phi) is 8.30. The average Bonchev–Trinajstić information content (AvgIpc) is 2.66. The normalized spacial score (nSPS) is 11.4. The van der Waals surface area contributed by atoms with Gasteiger partial charge in [-0.05, 0) is 24.6 Å². The van der Waals surface area contributed by atoms with Crippen LogP contribution in [0.15, 0.2) is 42.5 Å². The fourth-order valence-corrected chi connectivity index (χ4v) is 3.13. The minimum absolute atomic E-state index is 0.00608. The van der Waals surface area contributed by atoms with E-state index in [1.807, 2.05) is 6.07 Å². The number of halogens is 2. The Hall–Kier alpha value is -2.77. The van der Waals surface area contributed by atoms with Gasteiger partial charge in [-0.2, -0.15) is 0 Å². The predicted molar refractivity (Wildman–Crippen MR) is 110 cm³/mol. The predicted octanol–water partition coefficient (Wildman–Crippen LogP) is 4.01. The zero-order valence-electron chi connectivity index (χ0n) is 15.6. The number of benzene rings is 2. The topological polar surface area (TPSA) is 108 Å². The first-order chi connectivity index (χ1) is 13.8. The van der Waals surface area contributed by atoms with Gasteiger partial charge in [-0.1, -0.05) is 53.5 Å². The van der Waals surface area contributed by atoms with Crippen LogP contribution in [0.3, 0.4) is 0 Å². The van der Waals surface area contributed by atoms with E-state index < -0.39 is 30.3 Å². The first kappa shape index (κ1) is 22.5. The maximum Gasteiger partial charge on any atom is 0.408 e. The van der Waals surface area contributed by atoms with E-state index in [1.54, 1.807) is 31.2 Å². The van der Waals surface area contributed by atoms with Crippen LogP contribution < -0.4 is 11.1 Å². The van der Waals surface area contributed by atoms with Crippen LogP contribution in [-0.2, 0) is 20.9 Å². The Morgan fingerprint density at radius 2 is 1.79 bits per heavy atom. The summed E-state index contributed by atoms with van der Waals surface area (Å²) in [5.41, 5.74) is 6.69. The molecule has 0 spiro atoms. The molecular formula is C20H20Cl2N2O5. The second-order valence-electron chi connectivity index (χ2n) is 5.99. The molecule has 7 nitrogen and oxygen atoms in total. The first-order valence-electron chi connectivity index (χ1n) is 8.73. The van der Waals surface area contributed by atoms with Gasteiger partial charge in [0.1, 0.15) is 12.6 Å². The van der Waals surface area contributed by atoms with Crippen molar-refractivity contribution in [3.8, 4) is 0 Å². The Balaban J connectivity index is 2.08. The highest BCUT2D eigenvalue weighted by Gasteiger charge is 2.28. The number of nitrogens with one attached hydrogen (secondary N) is 1. The van der Waals surface area contributed by atoms with Gasteiger partial charge in [0, 0.05) is 17.1 Å². The Labute approximate surface area is 178 Å². The Morgan fingerprint density at radius 3 is 2.41 bits per heavy atom. The van der Waals surface area contributed by atoms with Crippen molar-refractivity contribution in [2.75, 3.05) is 12.3 Å². The number of hydrogen-bond acceptors (Lipinski definition) is 6. The fraction of sp³-hybridized carbons (Fsp3) is 0.250. The van der Waals surface area contributed by atoms with Crippen molar-refractivity contribution in [3.05, 3.63) is 63.6 Å². The lowest BCUT2D eigenvalue weighted by Gasteiger charge is -2.17. The number of carbonyl (C=O) groups is 3. The zero-order chi connectivity index (χ0) is 21.4.